The number of hydrogen-bond acceptors (Lipinski definition) is 5. The van der Waals surface area contributed by atoms with Gasteiger partial charge in [0.05, 0.1) is 0 Å². The lowest BCUT2D eigenvalue weighted by Crippen LogP contribution is -2.05. The van der Waals surface area contributed by atoms with E-state index in [4.69, 9.17) is 15.3 Å². The fraction of sp³-hybridized carbons (Fsp3) is 0.733. The van der Waals surface area contributed by atoms with Crippen LogP contribution in [-0.2, 0) is 19.2 Å². The summed E-state index contributed by atoms with van der Waals surface area (Å²) in [6.07, 6.45) is 1.40. The van der Waals surface area contributed by atoms with Gasteiger partial charge < -0.3 is 15.3 Å². The minimum absolute atomic E-state index is 0.167. The Labute approximate surface area is 131 Å². The molecule has 0 unspecified atom stereocenters. The first-order valence-corrected chi connectivity index (χ1v) is 7.21. The molecule has 0 aromatic carbocycles. The second-order valence-corrected chi connectivity index (χ2v) is 4.81. The number of carbonyl (C=O) groups is 4. The summed E-state index contributed by atoms with van der Waals surface area (Å²) in [4.78, 5) is 40.7. The second-order valence-electron chi connectivity index (χ2n) is 4.81. The van der Waals surface area contributed by atoms with Crippen molar-refractivity contribution in [2.75, 3.05) is 0 Å². The average molecular weight is 320 g/mol. The van der Waals surface area contributed by atoms with Crippen molar-refractivity contribution in [1.82, 2.24) is 0 Å². The summed E-state index contributed by atoms with van der Waals surface area (Å²) in [5.41, 5.74) is 0. The monoisotopic (exact) mass is 320 g/mol. The van der Waals surface area contributed by atoms with E-state index in [0.717, 1.165) is 12.8 Å². The summed E-state index contributed by atoms with van der Waals surface area (Å²) in [7, 11) is 0. The Morgan fingerprint density at radius 1 is 0.773 bits per heavy atom. The predicted octanol–water partition coefficient (Wildman–Crippen LogP) is 2.05. The summed E-state index contributed by atoms with van der Waals surface area (Å²) >= 11 is 0. The van der Waals surface area contributed by atoms with Crippen LogP contribution in [0.3, 0.4) is 0 Å². The van der Waals surface area contributed by atoms with Crippen LogP contribution < -0.4 is 0 Å². The first kappa shape index (κ1) is 25.2. The van der Waals surface area contributed by atoms with Crippen molar-refractivity contribution >= 4 is 23.5 Å². The number of hydrogen-bond donors (Lipinski definition) is 3. The van der Waals surface area contributed by atoms with E-state index in [1.54, 1.807) is 13.8 Å². The maximum atomic E-state index is 10.5. The van der Waals surface area contributed by atoms with Crippen LogP contribution in [0.2, 0.25) is 0 Å². The van der Waals surface area contributed by atoms with Gasteiger partial charge in [0, 0.05) is 18.9 Å². The minimum Gasteiger partial charge on any atom is -0.481 e. The van der Waals surface area contributed by atoms with Crippen LogP contribution in [0, 0.1) is 0 Å². The number of Topliss-reactive ketones (excluding diaryl/α,β-unsaturated/α-hetero) is 2. The number of aliphatic carboxylic acids is 2. The third kappa shape index (κ3) is 36.2. The van der Waals surface area contributed by atoms with E-state index in [1.165, 1.54) is 0 Å². The average Bonchev–Trinajstić information content (AvgIpc) is 2.26. The quantitative estimate of drug-likeness (QED) is 0.583. The number of aliphatic hydroxyl groups is 1. The van der Waals surface area contributed by atoms with Gasteiger partial charge in [0.2, 0.25) is 0 Å². The third-order valence-corrected chi connectivity index (χ3v) is 1.75. The molecule has 7 heteroatoms. The zero-order valence-electron chi connectivity index (χ0n) is 13.8. The van der Waals surface area contributed by atoms with Crippen molar-refractivity contribution in [3.8, 4) is 0 Å². The molecule has 22 heavy (non-hydrogen) atoms. The molecule has 0 aliphatic heterocycles. The Morgan fingerprint density at radius 3 is 1.14 bits per heavy atom. The van der Waals surface area contributed by atoms with Crippen molar-refractivity contribution in [3.63, 3.8) is 0 Å². The summed E-state index contributed by atoms with van der Waals surface area (Å²) in [5.74, 6) is -2.45. The zero-order valence-corrected chi connectivity index (χ0v) is 13.8. The first-order valence-electron chi connectivity index (χ1n) is 7.21. The van der Waals surface area contributed by atoms with E-state index in [0.29, 0.717) is 12.8 Å². The molecule has 130 valence electrons. The standard InChI is InChI=1S/2C6H10O3.C3H8O/c2*1-2-3-5(7)4-6(8)9;1-3(2)4/h2*2-4H2,1H3,(H,8,9);3-4H,1-2H3. The lowest BCUT2D eigenvalue weighted by Gasteiger charge is -1.90. The zero-order chi connectivity index (χ0) is 18.1. The minimum atomic E-state index is -1.03. The van der Waals surface area contributed by atoms with Gasteiger partial charge in [-0.15, -0.1) is 0 Å². The van der Waals surface area contributed by atoms with Gasteiger partial charge in [-0.3, -0.25) is 19.2 Å². The summed E-state index contributed by atoms with van der Waals surface area (Å²) in [5, 5.41) is 24.2. The highest BCUT2D eigenvalue weighted by Crippen LogP contribution is 1.93. The Hall–Kier alpha value is -1.76. The van der Waals surface area contributed by atoms with Crippen molar-refractivity contribution in [3.05, 3.63) is 0 Å². The largest absolute Gasteiger partial charge is 0.481 e. The van der Waals surface area contributed by atoms with Gasteiger partial charge >= 0.3 is 11.9 Å². The van der Waals surface area contributed by atoms with E-state index < -0.39 is 11.9 Å². The molecule has 7 nitrogen and oxygen atoms in total. The number of carboxylic acid groups (broad SMARTS) is 2. The van der Waals surface area contributed by atoms with Gasteiger partial charge in [-0.25, -0.2) is 0 Å². The highest BCUT2D eigenvalue weighted by atomic mass is 16.4. The van der Waals surface area contributed by atoms with E-state index >= 15 is 0 Å². The molecule has 0 bridgehead atoms. The molecule has 3 N–H and O–H groups in total. The SMILES string of the molecule is CC(C)O.CCCC(=O)CC(=O)O.CCCC(=O)CC(=O)O. The van der Waals surface area contributed by atoms with Crippen LogP contribution in [0.4, 0.5) is 0 Å². The first-order chi connectivity index (χ1) is 10.1. The van der Waals surface area contributed by atoms with Gasteiger partial charge in [0.1, 0.15) is 24.4 Å². The van der Waals surface area contributed by atoms with E-state index in [1.807, 2.05) is 13.8 Å². The molecule has 0 spiro atoms. The molecule has 0 fully saturated rings. The molecule has 0 amide bonds. The topological polar surface area (TPSA) is 129 Å². The molecule has 0 saturated carbocycles. The van der Waals surface area contributed by atoms with Gasteiger partial charge in [-0.1, -0.05) is 13.8 Å². The maximum absolute atomic E-state index is 10.5. The molecule has 0 saturated heterocycles. The summed E-state index contributed by atoms with van der Waals surface area (Å²) < 4.78 is 0. The van der Waals surface area contributed by atoms with E-state index in [-0.39, 0.29) is 30.5 Å². The molecular formula is C15H28O7. The van der Waals surface area contributed by atoms with Crippen molar-refractivity contribution < 1.29 is 34.5 Å². The maximum Gasteiger partial charge on any atom is 0.310 e. The molecule has 0 aromatic rings. The lowest BCUT2D eigenvalue weighted by atomic mass is 10.2. The Bertz CT molecular complexity index is 302. The number of rotatable bonds is 8. The van der Waals surface area contributed by atoms with Crippen LogP contribution in [-0.4, -0.2) is 44.9 Å². The second kappa shape index (κ2) is 17.3. The molecule has 0 radical (unpaired) electrons. The molecule has 0 aliphatic carbocycles. The summed E-state index contributed by atoms with van der Waals surface area (Å²) in [6, 6.07) is 0. The van der Waals surface area contributed by atoms with Crippen LogP contribution in [0.15, 0.2) is 0 Å². The highest BCUT2D eigenvalue weighted by molar-refractivity contribution is 5.95. The van der Waals surface area contributed by atoms with Crippen molar-refractivity contribution in [1.29, 1.82) is 0 Å². The van der Waals surface area contributed by atoms with Crippen molar-refractivity contribution in [2.45, 2.75) is 72.3 Å². The number of carboxylic acids is 2. The van der Waals surface area contributed by atoms with Gasteiger partial charge in [-0.05, 0) is 26.7 Å². The van der Waals surface area contributed by atoms with Crippen LogP contribution in [0.5, 0.6) is 0 Å². The normalized spacial score (nSPS) is 9.00. The summed E-state index contributed by atoms with van der Waals surface area (Å²) in [6.45, 7) is 7.14. The van der Waals surface area contributed by atoms with E-state index in [9.17, 15) is 19.2 Å². The smallest absolute Gasteiger partial charge is 0.310 e. The Morgan fingerprint density at radius 2 is 1.00 bits per heavy atom. The van der Waals surface area contributed by atoms with Crippen LogP contribution >= 0.6 is 0 Å². The van der Waals surface area contributed by atoms with Gasteiger partial charge in [0.25, 0.3) is 0 Å². The number of carbonyl (C=O) groups excluding carboxylic acids is 2. The van der Waals surface area contributed by atoms with Crippen LogP contribution in [0.25, 0.3) is 0 Å². The molecule has 0 aromatic heterocycles. The predicted molar refractivity (Wildman–Crippen MR) is 81.7 cm³/mol. The molecular weight excluding hydrogens is 292 g/mol. The molecule has 0 rings (SSSR count). The lowest BCUT2D eigenvalue weighted by molar-refractivity contribution is -0.141. The molecule has 0 aliphatic rings. The van der Waals surface area contributed by atoms with Crippen LogP contribution in [0.1, 0.15) is 66.2 Å². The number of aliphatic hydroxyl groups excluding tert-OH is 1. The number of ketones is 2. The van der Waals surface area contributed by atoms with Crippen molar-refractivity contribution in [2.24, 2.45) is 0 Å². The Balaban J connectivity index is -0.000000266. The Kier molecular flexibility index (Phi) is 19.8. The van der Waals surface area contributed by atoms with Gasteiger partial charge in [0.15, 0.2) is 0 Å². The molecule has 0 atom stereocenters. The highest BCUT2D eigenvalue weighted by Gasteiger charge is 2.05. The van der Waals surface area contributed by atoms with E-state index in [2.05, 4.69) is 0 Å². The molecule has 0 heterocycles. The van der Waals surface area contributed by atoms with Gasteiger partial charge in [-0.2, -0.15) is 0 Å². The fourth-order valence-electron chi connectivity index (χ4n) is 1.07. The fourth-order valence-corrected chi connectivity index (χ4v) is 1.07. The third-order valence-electron chi connectivity index (χ3n) is 1.75.